The van der Waals surface area contributed by atoms with Crippen LogP contribution in [-0.2, 0) is 27.1 Å². The van der Waals surface area contributed by atoms with E-state index in [9.17, 15) is 14.4 Å². The first-order chi connectivity index (χ1) is 12.5. The summed E-state index contributed by atoms with van der Waals surface area (Å²) in [5.74, 6) is -1.65. The maximum Gasteiger partial charge on any atom is 0.341 e. The van der Waals surface area contributed by atoms with E-state index in [4.69, 9.17) is 9.47 Å². The van der Waals surface area contributed by atoms with Gasteiger partial charge in [0.25, 0.3) is 5.91 Å². The number of hydrogen-bond acceptors (Lipinski definition) is 7. The molecular weight excluding hydrogens is 424 g/mol. The second-order valence-electron chi connectivity index (χ2n) is 5.57. The third kappa shape index (κ3) is 3.94. The van der Waals surface area contributed by atoms with E-state index in [-0.39, 0.29) is 5.56 Å². The van der Waals surface area contributed by atoms with Gasteiger partial charge in [0.1, 0.15) is 5.00 Å². The SMILES string of the molecule is COC(=O)c1c(NC(=O)COC(=O)c2cncc(Br)c2)sc2c1CCC2. The van der Waals surface area contributed by atoms with Gasteiger partial charge in [-0.15, -0.1) is 11.3 Å². The third-order valence-corrected chi connectivity index (χ3v) is 5.48. The summed E-state index contributed by atoms with van der Waals surface area (Å²) < 4.78 is 10.5. The van der Waals surface area contributed by atoms with E-state index in [1.807, 2.05) is 0 Å². The van der Waals surface area contributed by atoms with E-state index < -0.39 is 24.5 Å². The summed E-state index contributed by atoms with van der Waals surface area (Å²) in [7, 11) is 1.31. The summed E-state index contributed by atoms with van der Waals surface area (Å²) in [6, 6.07) is 1.55. The average molecular weight is 439 g/mol. The molecule has 3 rings (SSSR count). The Balaban J connectivity index is 1.65. The van der Waals surface area contributed by atoms with Crippen LogP contribution in [0.15, 0.2) is 22.9 Å². The van der Waals surface area contributed by atoms with Crippen molar-refractivity contribution in [2.75, 3.05) is 19.0 Å². The topological polar surface area (TPSA) is 94.6 Å². The number of pyridine rings is 1. The van der Waals surface area contributed by atoms with Crippen LogP contribution in [0.2, 0.25) is 0 Å². The molecule has 1 N–H and O–H groups in total. The fourth-order valence-corrected chi connectivity index (χ4v) is 4.37. The number of anilines is 1. The lowest BCUT2D eigenvalue weighted by molar-refractivity contribution is -0.119. The molecule has 7 nitrogen and oxygen atoms in total. The Hall–Kier alpha value is -2.26. The Morgan fingerprint density at radius 1 is 1.27 bits per heavy atom. The number of rotatable bonds is 5. The molecular formula is C17H15BrN2O5S. The van der Waals surface area contributed by atoms with Gasteiger partial charge in [0, 0.05) is 21.7 Å². The van der Waals surface area contributed by atoms with Gasteiger partial charge in [-0.3, -0.25) is 9.78 Å². The molecule has 0 radical (unpaired) electrons. The predicted molar refractivity (Wildman–Crippen MR) is 98.5 cm³/mol. The Morgan fingerprint density at radius 2 is 2.08 bits per heavy atom. The van der Waals surface area contributed by atoms with Gasteiger partial charge in [-0.2, -0.15) is 0 Å². The van der Waals surface area contributed by atoms with Crippen LogP contribution in [0.1, 0.15) is 37.6 Å². The fraction of sp³-hybridized carbons (Fsp3) is 0.294. The number of thiophene rings is 1. The molecule has 2 aromatic heterocycles. The highest BCUT2D eigenvalue weighted by molar-refractivity contribution is 9.10. The van der Waals surface area contributed by atoms with Crippen LogP contribution < -0.4 is 5.32 Å². The molecule has 1 aliphatic carbocycles. The first-order valence-electron chi connectivity index (χ1n) is 7.80. The van der Waals surface area contributed by atoms with Crippen LogP contribution in [0, 0.1) is 0 Å². The molecule has 136 valence electrons. The maximum atomic E-state index is 12.1. The first-order valence-corrected chi connectivity index (χ1v) is 9.41. The summed E-state index contributed by atoms with van der Waals surface area (Å²) in [5.41, 5.74) is 1.58. The van der Waals surface area contributed by atoms with Crippen LogP contribution in [0.5, 0.6) is 0 Å². The molecule has 0 aromatic carbocycles. The minimum absolute atomic E-state index is 0.234. The number of hydrogen-bond donors (Lipinski definition) is 1. The lowest BCUT2D eigenvalue weighted by Crippen LogP contribution is -2.21. The van der Waals surface area contributed by atoms with Crippen molar-refractivity contribution in [1.82, 2.24) is 4.98 Å². The van der Waals surface area contributed by atoms with E-state index in [0.29, 0.717) is 15.0 Å². The second kappa shape index (κ2) is 7.96. The Labute approximate surface area is 161 Å². The summed E-state index contributed by atoms with van der Waals surface area (Å²) in [6.07, 6.45) is 5.54. The van der Waals surface area contributed by atoms with Gasteiger partial charge in [-0.05, 0) is 46.8 Å². The zero-order chi connectivity index (χ0) is 18.7. The van der Waals surface area contributed by atoms with Crippen LogP contribution in [0.3, 0.4) is 0 Å². The van der Waals surface area contributed by atoms with Gasteiger partial charge >= 0.3 is 11.9 Å². The molecule has 0 bridgehead atoms. The summed E-state index contributed by atoms with van der Waals surface area (Å²) >= 11 is 4.58. The molecule has 0 fully saturated rings. The minimum Gasteiger partial charge on any atom is -0.465 e. The van der Waals surface area contributed by atoms with Crippen LogP contribution in [0.25, 0.3) is 0 Å². The molecule has 0 unspecified atom stereocenters. The number of aromatic nitrogens is 1. The van der Waals surface area contributed by atoms with Crippen molar-refractivity contribution in [2.45, 2.75) is 19.3 Å². The molecule has 26 heavy (non-hydrogen) atoms. The lowest BCUT2D eigenvalue weighted by Gasteiger charge is -2.08. The van der Waals surface area contributed by atoms with E-state index >= 15 is 0 Å². The standard InChI is InChI=1S/C17H15BrN2O5S/c1-24-17(23)14-11-3-2-4-12(11)26-15(14)20-13(21)8-25-16(22)9-5-10(18)7-19-6-9/h5-7H,2-4,8H2,1H3,(H,20,21). The molecule has 1 amide bonds. The highest BCUT2D eigenvalue weighted by atomic mass is 79.9. The van der Waals surface area contributed by atoms with Gasteiger partial charge in [-0.1, -0.05) is 0 Å². The molecule has 0 saturated heterocycles. The van der Waals surface area contributed by atoms with Crippen molar-refractivity contribution in [1.29, 1.82) is 0 Å². The number of ether oxygens (including phenoxy) is 2. The Morgan fingerprint density at radius 3 is 2.81 bits per heavy atom. The van der Waals surface area contributed by atoms with E-state index in [2.05, 4.69) is 26.2 Å². The van der Waals surface area contributed by atoms with Gasteiger partial charge in [-0.25, -0.2) is 9.59 Å². The molecule has 1 aliphatic rings. The van der Waals surface area contributed by atoms with E-state index in [1.165, 1.54) is 30.8 Å². The van der Waals surface area contributed by atoms with Crippen molar-refractivity contribution >= 4 is 50.1 Å². The zero-order valence-corrected chi connectivity index (χ0v) is 16.2. The zero-order valence-electron chi connectivity index (χ0n) is 13.8. The monoisotopic (exact) mass is 438 g/mol. The van der Waals surface area contributed by atoms with Crippen molar-refractivity contribution in [2.24, 2.45) is 0 Å². The van der Waals surface area contributed by atoms with Gasteiger partial charge in [0.15, 0.2) is 6.61 Å². The highest BCUT2D eigenvalue weighted by Gasteiger charge is 2.28. The summed E-state index contributed by atoms with van der Waals surface area (Å²) in [5, 5.41) is 3.09. The number of aryl methyl sites for hydroxylation is 1. The first kappa shape index (κ1) is 18.5. The summed E-state index contributed by atoms with van der Waals surface area (Å²) in [6.45, 7) is -0.464. The van der Waals surface area contributed by atoms with Crippen molar-refractivity contribution in [3.8, 4) is 0 Å². The van der Waals surface area contributed by atoms with E-state index in [1.54, 1.807) is 6.07 Å². The smallest absolute Gasteiger partial charge is 0.341 e. The Kier molecular flexibility index (Phi) is 5.67. The fourth-order valence-electron chi connectivity index (χ4n) is 2.71. The van der Waals surface area contributed by atoms with Crippen molar-refractivity contribution in [3.05, 3.63) is 44.5 Å². The van der Waals surface area contributed by atoms with Crippen molar-refractivity contribution in [3.63, 3.8) is 0 Å². The highest BCUT2D eigenvalue weighted by Crippen LogP contribution is 2.39. The molecule has 0 spiro atoms. The number of amides is 1. The number of carbonyl (C=O) groups excluding carboxylic acids is 3. The lowest BCUT2D eigenvalue weighted by atomic mass is 10.1. The minimum atomic E-state index is -0.657. The summed E-state index contributed by atoms with van der Waals surface area (Å²) in [4.78, 5) is 41.1. The number of nitrogens with one attached hydrogen (secondary N) is 1. The van der Waals surface area contributed by atoms with Gasteiger partial charge < -0.3 is 14.8 Å². The Bertz CT molecular complexity index is 880. The third-order valence-electron chi connectivity index (χ3n) is 3.84. The molecule has 9 heteroatoms. The van der Waals surface area contributed by atoms with Gasteiger partial charge in [0.05, 0.1) is 18.2 Å². The normalized spacial score (nSPS) is 12.4. The van der Waals surface area contributed by atoms with Crippen molar-refractivity contribution < 1.29 is 23.9 Å². The largest absolute Gasteiger partial charge is 0.465 e. The van der Waals surface area contributed by atoms with E-state index in [0.717, 1.165) is 29.7 Å². The molecule has 2 heterocycles. The molecule has 0 atom stereocenters. The maximum absolute atomic E-state index is 12.1. The quantitative estimate of drug-likeness (QED) is 0.720. The molecule has 0 saturated carbocycles. The van der Waals surface area contributed by atoms with Crippen LogP contribution in [-0.4, -0.2) is 36.5 Å². The number of nitrogens with zero attached hydrogens (tertiary/aromatic N) is 1. The van der Waals surface area contributed by atoms with Crippen LogP contribution >= 0.6 is 27.3 Å². The number of carbonyl (C=O) groups is 3. The van der Waals surface area contributed by atoms with Crippen LogP contribution in [0.4, 0.5) is 5.00 Å². The molecule has 0 aliphatic heterocycles. The number of methoxy groups -OCH3 is 1. The van der Waals surface area contributed by atoms with Gasteiger partial charge in [0.2, 0.25) is 0 Å². The molecule has 2 aromatic rings. The second-order valence-corrected chi connectivity index (χ2v) is 7.59. The number of fused-ring (bicyclic) bond motifs is 1. The predicted octanol–water partition coefficient (Wildman–Crippen LogP) is 2.98. The average Bonchev–Trinajstić information content (AvgIpc) is 3.19. The number of halogens is 1. The number of esters is 2.